The molecule has 0 amide bonds. The second-order valence-electron chi connectivity index (χ2n) is 9.47. The Hall–Kier alpha value is -4.22. The number of thiophene rings is 1. The van der Waals surface area contributed by atoms with Crippen LogP contribution in [0, 0.1) is 13.8 Å². The molecule has 2 aliphatic rings. The predicted molar refractivity (Wildman–Crippen MR) is 140 cm³/mol. The predicted octanol–water partition coefficient (Wildman–Crippen LogP) is 7.04. The molecule has 5 heteroatoms. The molecular formula is C30H16N2O2S. The lowest BCUT2D eigenvalue weighted by atomic mass is 9.82. The van der Waals surface area contributed by atoms with E-state index in [-0.39, 0.29) is 11.6 Å². The summed E-state index contributed by atoms with van der Waals surface area (Å²) >= 11 is 1.45. The van der Waals surface area contributed by atoms with Crippen molar-refractivity contribution in [3.8, 4) is 21.8 Å². The molecule has 164 valence electrons. The summed E-state index contributed by atoms with van der Waals surface area (Å²) in [6.07, 6.45) is 3.68. The number of hydrogen-bond acceptors (Lipinski definition) is 5. The molecule has 0 saturated heterocycles. The van der Waals surface area contributed by atoms with Crippen molar-refractivity contribution in [1.29, 1.82) is 0 Å². The number of benzene rings is 3. The molecule has 4 nitrogen and oxygen atoms in total. The number of rotatable bonds is 0. The minimum absolute atomic E-state index is 0.0276. The van der Waals surface area contributed by atoms with Crippen molar-refractivity contribution in [2.24, 2.45) is 0 Å². The second-order valence-corrected chi connectivity index (χ2v) is 10.5. The van der Waals surface area contributed by atoms with Crippen LogP contribution in [0.3, 0.4) is 0 Å². The normalized spacial score (nSPS) is 13.5. The fourth-order valence-corrected chi connectivity index (χ4v) is 7.04. The van der Waals surface area contributed by atoms with Crippen LogP contribution in [0.5, 0.6) is 0 Å². The van der Waals surface area contributed by atoms with Gasteiger partial charge in [0.2, 0.25) is 5.78 Å². The summed E-state index contributed by atoms with van der Waals surface area (Å²) in [5.41, 5.74) is 6.42. The van der Waals surface area contributed by atoms with Crippen LogP contribution in [-0.4, -0.2) is 21.5 Å². The quantitative estimate of drug-likeness (QED) is 0.240. The molecule has 35 heavy (non-hydrogen) atoms. The van der Waals surface area contributed by atoms with Crippen LogP contribution >= 0.6 is 11.3 Å². The molecule has 0 spiro atoms. The molecule has 8 rings (SSSR count). The molecule has 0 bridgehead atoms. The Labute approximate surface area is 203 Å². The topological polar surface area (TPSA) is 59.9 Å². The number of carbonyl (C=O) groups excluding carboxylic acids is 2. The Morgan fingerprint density at radius 2 is 1.20 bits per heavy atom. The largest absolute Gasteiger partial charge is 0.288 e. The lowest BCUT2D eigenvalue weighted by molar-refractivity contribution is 0.103. The van der Waals surface area contributed by atoms with Gasteiger partial charge in [0.1, 0.15) is 0 Å². The first-order valence-electron chi connectivity index (χ1n) is 11.5. The first kappa shape index (κ1) is 19.1. The molecule has 0 fully saturated rings. The van der Waals surface area contributed by atoms with E-state index in [1.807, 2.05) is 62.6 Å². The van der Waals surface area contributed by atoms with E-state index >= 15 is 0 Å². The van der Waals surface area contributed by atoms with E-state index in [4.69, 9.17) is 9.97 Å². The van der Waals surface area contributed by atoms with Crippen LogP contribution in [0.15, 0.2) is 60.9 Å². The van der Waals surface area contributed by atoms with Crippen LogP contribution < -0.4 is 0 Å². The molecule has 0 saturated carbocycles. The first-order chi connectivity index (χ1) is 17.0. The number of aromatic nitrogens is 2. The molecule has 3 aromatic carbocycles. The highest BCUT2D eigenvalue weighted by molar-refractivity contribution is 7.20. The molecule has 0 aliphatic heterocycles. The summed E-state index contributed by atoms with van der Waals surface area (Å²) in [6, 6.07) is 16.0. The summed E-state index contributed by atoms with van der Waals surface area (Å²) in [7, 11) is 0. The van der Waals surface area contributed by atoms with Crippen LogP contribution in [0.1, 0.15) is 42.3 Å². The number of nitrogens with zero attached hydrogens (tertiary/aromatic N) is 2. The number of carbonyl (C=O) groups is 2. The number of fused-ring (bicyclic) bond motifs is 8. The molecule has 0 unspecified atom stereocenters. The van der Waals surface area contributed by atoms with E-state index in [1.54, 1.807) is 0 Å². The summed E-state index contributed by atoms with van der Waals surface area (Å²) in [6.45, 7) is 4.07. The Morgan fingerprint density at radius 3 is 1.89 bits per heavy atom. The van der Waals surface area contributed by atoms with Crippen LogP contribution in [-0.2, 0) is 0 Å². The highest BCUT2D eigenvalue weighted by Gasteiger charge is 2.37. The SMILES string of the molecule is Cc1ccc2c3c(ncc2c1)-c1ccc2c4c(sc(c14)C3=O)-c1ncc3cc(C)ccc3c1C2=O. The van der Waals surface area contributed by atoms with Crippen molar-refractivity contribution in [3.05, 3.63) is 93.6 Å². The summed E-state index contributed by atoms with van der Waals surface area (Å²) in [5.74, 6) is -0.0642. The van der Waals surface area contributed by atoms with Gasteiger partial charge in [0, 0.05) is 45.1 Å². The van der Waals surface area contributed by atoms with Gasteiger partial charge in [-0.05, 0) is 42.8 Å². The number of pyridine rings is 2. The Kier molecular flexibility index (Phi) is 3.42. The highest BCUT2D eigenvalue weighted by atomic mass is 32.1. The fourth-order valence-electron chi connectivity index (χ4n) is 5.76. The third-order valence-electron chi connectivity index (χ3n) is 7.33. The molecular weight excluding hydrogens is 452 g/mol. The van der Waals surface area contributed by atoms with Crippen molar-refractivity contribution in [2.45, 2.75) is 13.8 Å². The standard InChI is InChI=1S/C30H16N2O2S/c1-13-3-5-17-15(9-13)11-31-25-19-7-8-20-22-21(19)30(28(34)23(17)25)35-29(22)26-24(27(20)33)18-6-4-14(2)10-16(18)12-32-26/h3-12H,1-2H3. The van der Waals surface area contributed by atoms with Crippen molar-refractivity contribution in [3.63, 3.8) is 0 Å². The third-order valence-corrected chi connectivity index (χ3v) is 8.53. The Morgan fingerprint density at radius 1 is 0.629 bits per heavy atom. The maximum atomic E-state index is 14.0. The number of hydrogen-bond donors (Lipinski definition) is 0. The molecule has 3 heterocycles. The maximum absolute atomic E-state index is 14.0. The molecule has 3 aromatic heterocycles. The Balaban J connectivity index is 1.50. The van der Waals surface area contributed by atoms with Gasteiger partial charge in [-0.2, -0.15) is 0 Å². The van der Waals surface area contributed by atoms with E-state index in [1.165, 1.54) is 11.3 Å². The van der Waals surface area contributed by atoms with Crippen molar-refractivity contribution >= 4 is 55.2 Å². The average Bonchev–Trinajstić information content (AvgIpc) is 3.26. The number of aryl methyl sites for hydroxylation is 2. The van der Waals surface area contributed by atoms with Crippen LogP contribution in [0.4, 0.5) is 0 Å². The minimum atomic E-state index is -0.0365. The van der Waals surface area contributed by atoms with Crippen molar-refractivity contribution < 1.29 is 9.59 Å². The van der Waals surface area contributed by atoms with Crippen molar-refractivity contribution in [1.82, 2.24) is 9.97 Å². The molecule has 0 radical (unpaired) electrons. The van der Waals surface area contributed by atoms with E-state index < -0.39 is 0 Å². The first-order valence-corrected chi connectivity index (χ1v) is 12.3. The summed E-state index contributed by atoms with van der Waals surface area (Å²) in [4.78, 5) is 38.8. The second kappa shape index (κ2) is 6.26. The lowest BCUT2D eigenvalue weighted by Crippen LogP contribution is -2.13. The van der Waals surface area contributed by atoms with Gasteiger partial charge in [0.15, 0.2) is 5.78 Å². The van der Waals surface area contributed by atoms with Gasteiger partial charge in [-0.15, -0.1) is 11.3 Å². The van der Waals surface area contributed by atoms with Gasteiger partial charge < -0.3 is 0 Å². The maximum Gasteiger partial charge on any atom is 0.206 e. The molecule has 0 N–H and O–H groups in total. The number of ketones is 2. The zero-order valence-corrected chi connectivity index (χ0v) is 19.7. The summed E-state index contributed by atoms with van der Waals surface area (Å²) in [5, 5.41) is 5.39. The van der Waals surface area contributed by atoms with Gasteiger partial charge in [-0.3, -0.25) is 19.6 Å². The van der Waals surface area contributed by atoms with Crippen LogP contribution in [0.2, 0.25) is 0 Å². The zero-order chi connectivity index (χ0) is 23.6. The van der Waals surface area contributed by atoms with Crippen molar-refractivity contribution in [2.75, 3.05) is 0 Å². The van der Waals surface area contributed by atoms with E-state index in [9.17, 15) is 9.59 Å². The van der Waals surface area contributed by atoms with Gasteiger partial charge >= 0.3 is 0 Å². The van der Waals surface area contributed by atoms with E-state index in [0.29, 0.717) is 33.0 Å². The van der Waals surface area contributed by atoms with Gasteiger partial charge in [-0.25, -0.2) is 0 Å². The minimum Gasteiger partial charge on any atom is -0.288 e. The van der Waals surface area contributed by atoms with E-state index in [2.05, 4.69) is 12.1 Å². The highest BCUT2D eigenvalue weighted by Crippen LogP contribution is 2.52. The lowest BCUT2D eigenvalue weighted by Gasteiger charge is -2.20. The van der Waals surface area contributed by atoms with Gasteiger partial charge in [0.25, 0.3) is 0 Å². The molecule has 2 aliphatic carbocycles. The zero-order valence-electron chi connectivity index (χ0n) is 18.9. The van der Waals surface area contributed by atoms with E-state index in [0.717, 1.165) is 53.9 Å². The smallest absolute Gasteiger partial charge is 0.206 e. The third kappa shape index (κ3) is 2.26. The monoisotopic (exact) mass is 468 g/mol. The van der Waals surface area contributed by atoms with Crippen LogP contribution in [0.25, 0.3) is 54.1 Å². The molecule has 0 atom stereocenters. The Bertz CT molecular complexity index is 2020. The van der Waals surface area contributed by atoms with Gasteiger partial charge in [-0.1, -0.05) is 41.5 Å². The average molecular weight is 469 g/mol. The summed E-state index contributed by atoms with van der Waals surface area (Å²) < 4.78 is 0. The molecule has 6 aromatic rings. The van der Waals surface area contributed by atoms with Gasteiger partial charge in [0.05, 0.1) is 32.3 Å². The fraction of sp³-hybridized carbons (Fsp3) is 0.0667.